The van der Waals surface area contributed by atoms with Gasteiger partial charge in [-0.05, 0) is 35.4 Å². The van der Waals surface area contributed by atoms with Gasteiger partial charge in [-0.2, -0.15) is 0 Å². The molecule has 0 bridgehead atoms. The van der Waals surface area contributed by atoms with Crippen molar-refractivity contribution in [3.8, 4) is 11.5 Å². The summed E-state index contributed by atoms with van der Waals surface area (Å²) in [6.45, 7) is 0. The van der Waals surface area contributed by atoms with Gasteiger partial charge in [0.25, 0.3) is 0 Å². The molecule has 0 heterocycles. The first-order valence-electron chi connectivity index (χ1n) is 5.34. The average molecular weight is 293 g/mol. The van der Waals surface area contributed by atoms with Crippen LogP contribution >= 0.6 is 15.9 Å². The summed E-state index contributed by atoms with van der Waals surface area (Å²) in [5.41, 5.74) is 2.26. The Hall–Kier alpha value is -1.48. The highest BCUT2D eigenvalue weighted by molar-refractivity contribution is 9.09. The quantitative estimate of drug-likeness (QED) is 0.848. The van der Waals surface area contributed by atoms with Crippen LogP contribution in [0.25, 0.3) is 0 Å². The zero-order chi connectivity index (χ0) is 12.3. The summed E-state index contributed by atoms with van der Waals surface area (Å²) < 4.78 is 0. The molecule has 2 aromatic carbocycles. The van der Waals surface area contributed by atoms with E-state index in [9.17, 15) is 10.2 Å². The van der Waals surface area contributed by atoms with Crippen LogP contribution < -0.4 is 0 Å². The van der Waals surface area contributed by atoms with E-state index in [1.54, 1.807) is 24.3 Å². The Morgan fingerprint density at radius 1 is 0.765 bits per heavy atom. The molecule has 0 unspecified atom stereocenters. The SMILES string of the molecule is Oc1ccc(C(CBr)c2ccc(O)cc2)cc1. The van der Waals surface area contributed by atoms with Gasteiger partial charge in [-0.3, -0.25) is 0 Å². The van der Waals surface area contributed by atoms with Gasteiger partial charge in [0.2, 0.25) is 0 Å². The lowest BCUT2D eigenvalue weighted by Crippen LogP contribution is -2.01. The second kappa shape index (κ2) is 5.23. The number of alkyl halides is 1. The van der Waals surface area contributed by atoms with Crippen LogP contribution in [0.5, 0.6) is 11.5 Å². The van der Waals surface area contributed by atoms with Crippen molar-refractivity contribution in [3.63, 3.8) is 0 Å². The van der Waals surface area contributed by atoms with Gasteiger partial charge in [0.1, 0.15) is 11.5 Å². The van der Waals surface area contributed by atoms with E-state index in [1.807, 2.05) is 24.3 Å². The van der Waals surface area contributed by atoms with E-state index in [0.717, 1.165) is 16.5 Å². The predicted octanol–water partition coefficient (Wildman–Crippen LogP) is 3.62. The monoisotopic (exact) mass is 292 g/mol. The van der Waals surface area contributed by atoms with Crippen molar-refractivity contribution in [3.05, 3.63) is 59.7 Å². The number of benzene rings is 2. The number of phenols is 2. The summed E-state index contributed by atoms with van der Waals surface area (Å²) in [5.74, 6) is 0.761. The number of aromatic hydroxyl groups is 2. The zero-order valence-corrected chi connectivity index (χ0v) is 10.8. The molecule has 0 radical (unpaired) electrons. The largest absolute Gasteiger partial charge is 0.508 e. The smallest absolute Gasteiger partial charge is 0.115 e. The third kappa shape index (κ3) is 2.80. The minimum absolute atomic E-state index is 0.219. The van der Waals surface area contributed by atoms with Crippen molar-refractivity contribution in [2.75, 3.05) is 5.33 Å². The standard InChI is InChI=1S/C14H13BrO2/c15-9-14(10-1-5-12(16)6-2-10)11-3-7-13(17)8-4-11/h1-8,14,16-17H,9H2. The second-order valence-electron chi connectivity index (χ2n) is 3.89. The molecule has 2 aromatic rings. The van der Waals surface area contributed by atoms with E-state index < -0.39 is 0 Å². The highest BCUT2D eigenvalue weighted by atomic mass is 79.9. The first-order chi connectivity index (χ1) is 8.20. The van der Waals surface area contributed by atoms with Gasteiger partial charge in [-0.25, -0.2) is 0 Å². The fourth-order valence-electron chi connectivity index (χ4n) is 1.78. The van der Waals surface area contributed by atoms with Gasteiger partial charge in [-0.15, -0.1) is 0 Å². The average Bonchev–Trinajstić information content (AvgIpc) is 2.35. The van der Waals surface area contributed by atoms with Crippen molar-refractivity contribution in [2.24, 2.45) is 0 Å². The van der Waals surface area contributed by atoms with Gasteiger partial charge in [0, 0.05) is 11.2 Å². The van der Waals surface area contributed by atoms with Crippen molar-refractivity contribution < 1.29 is 10.2 Å². The lowest BCUT2D eigenvalue weighted by molar-refractivity contribution is 0.475. The first kappa shape index (κ1) is 12.0. The Bertz CT molecular complexity index is 431. The molecule has 2 rings (SSSR count). The van der Waals surface area contributed by atoms with Crippen molar-refractivity contribution in [1.82, 2.24) is 0 Å². The van der Waals surface area contributed by atoms with Gasteiger partial charge < -0.3 is 10.2 Å². The summed E-state index contributed by atoms with van der Waals surface area (Å²) in [7, 11) is 0. The molecule has 0 spiro atoms. The van der Waals surface area contributed by atoms with Crippen LogP contribution in [-0.2, 0) is 0 Å². The molecule has 0 aromatic heterocycles. The lowest BCUT2D eigenvalue weighted by atomic mass is 9.93. The van der Waals surface area contributed by atoms with Crippen LogP contribution in [0.1, 0.15) is 17.0 Å². The predicted molar refractivity (Wildman–Crippen MR) is 71.9 cm³/mol. The molecule has 88 valence electrons. The summed E-state index contributed by atoms with van der Waals surface area (Å²) in [5, 5.41) is 19.3. The third-order valence-corrected chi connectivity index (χ3v) is 3.39. The molecule has 0 amide bonds. The summed E-state index contributed by atoms with van der Waals surface area (Å²) in [6, 6.07) is 14.4. The molecule has 2 nitrogen and oxygen atoms in total. The molecule has 0 saturated carbocycles. The van der Waals surface area contributed by atoms with Crippen LogP contribution in [0.3, 0.4) is 0 Å². The molecule has 0 fully saturated rings. The fraction of sp³-hybridized carbons (Fsp3) is 0.143. The third-order valence-electron chi connectivity index (χ3n) is 2.75. The number of hydrogen-bond donors (Lipinski definition) is 2. The Kier molecular flexibility index (Phi) is 3.69. The van der Waals surface area contributed by atoms with E-state index in [-0.39, 0.29) is 17.4 Å². The molecule has 0 aliphatic rings. The van der Waals surface area contributed by atoms with Crippen molar-refractivity contribution in [1.29, 1.82) is 0 Å². The number of phenolic OH excluding ortho intramolecular Hbond substituents is 2. The van der Waals surface area contributed by atoms with Crippen LogP contribution in [0.2, 0.25) is 0 Å². The van der Waals surface area contributed by atoms with Crippen LogP contribution in [-0.4, -0.2) is 15.5 Å². The maximum Gasteiger partial charge on any atom is 0.115 e. The molecule has 0 atom stereocenters. The number of rotatable bonds is 3. The molecule has 3 heteroatoms. The van der Waals surface area contributed by atoms with Crippen molar-refractivity contribution in [2.45, 2.75) is 5.92 Å². The number of hydrogen-bond acceptors (Lipinski definition) is 2. The molecular formula is C14H13BrO2. The Morgan fingerprint density at radius 3 is 1.41 bits per heavy atom. The first-order valence-corrected chi connectivity index (χ1v) is 6.46. The minimum atomic E-state index is 0.219. The summed E-state index contributed by atoms with van der Waals surface area (Å²) in [4.78, 5) is 0. The van der Waals surface area contributed by atoms with E-state index >= 15 is 0 Å². The molecule has 0 aliphatic carbocycles. The fourth-order valence-corrected chi connectivity index (χ4v) is 2.53. The van der Waals surface area contributed by atoms with E-state index in [4.69, 9.17) is 0 Å². The van der Waals surface area contributed by atoms with E-state index in [1.165, 1.54) is 0 Å². The summed E-state index contributed by atoms with van der Waals surface area (Å²) in [6.07, 6.45) is 0. The Balaban J connectivity index is 2.33. The molecule has 17 heavy (non-hydrogen) atoms. The maximum atomic E-state index is 9.27. The van der Waals surface area contributed by atoms with Gasteiger partial charge in [0.05, 0.1) is 0 Å². The summed E-state index contributed by atoms with van der Waals surface area (Å²) >= 11 is 3.50. The molecule has 0 aliphatic heterocycles. The second-order valence-corrected chi connectivity index (χ2v) is 4.54. The Morgan fingerprint density at radius 2 is 1.12 bits per heavy atom. The normalized spacial score (nSPS) is 10.7. The van der Waals surface area contributed by atoms with Crippen LogP contribution in [0.15, 0.2) is 48.5 Å². The number of halogens is 1. The van der Waals surface area contributed by atoms with Crippen LogP contribution in [0, 0.1) is 0 Å². The van der Waals surface area contributed by atoms with E-state index in [2.05, 4.69) is 15.9 Å². The molecule has 0 saturated heterocycles. The maximum absolute atomic E-state index is 9.27. The minimum Gasteiger partial charge on any atom is -0.508 e. The zero-order valence-electron chi connectivity index (χ0n) is 9.18. The van der Waals surface area contributed by atoms with Crippen molar-refractivity contribution >= 4 is 15.9 Å². The molecule has 2 N–H and O–H groups in total. The highest BCUT2D eigenvalue weighted by Crippen LogP contribution is 2.28. The molecular weight excluding hydrogens is 280 g/mol. The van der Waals surface area contributed by atoms with Gasteiger partial charge >= 0.3 is 0 Å². The Labute approximate surface area is 109 Å². The van der Waals surface area contributed by atoms with Gasteiger partial charge in [-0.1, -0.05) is 40.2 Å². The topological polar surface area (TPSA) is 40.5 Å². The van der Waals surface area contributed by atoms with E-state index in [0.29, 0.717) is 0 Å². The van der Waals surface area contributed by atoms with Gasteiger partial charge in [0.15, 0.2) is 0 Å². The van der Waals surface area contributed by atoms with Crippen LogP contribution in [0.4, 0.5) is 0 Å². The lowest BCUT2D eigenvalue weighted by Gasteiger charge is -2.15. The highest BCUT2D eigenvalue weighted by Gasteiger charge is 2.12.